The average Bonchev–Trinajstić information content (AvgIpc) is 3.24. The zero-order valence-electron chi connectivity index (χ0n) is 16.7. The highest BCUT2D eigenvalue weighted by molar-refractivity contribution is 5.99. The fourth-order valence-corrected chi connectivity index (χ4v) is 4.88. The van der Waals surface area contributed by atoms with E-state index in [1.165, 1.54) is 35.4 Å². The van der Waals surface area contributed by atoms with Crippen LogP contribution in [0.2, 0.25) is 0 Å². The van der Waals surface area contributed by atoms with Gasteiger partial charge in [-0.1, -0.05) is 60.7 Å². The van der Waals surface area contributed by atoms with Crippen LogP contribution in [0, 0.1) is 0 Å². The first-order valence-electron chi connectivity index (χ1n) is 10.8. The summed E-state index contributed by atoms with van der Waals surface area (Å²) >= 11 is 0. The highest BCUT2D eigenvalue weighted by Gasteiger charge is 2.28. The van der Waals surface area contributed by atoms with Crippen molar-refractivity contribution in [3.05, 3.63) is 94.3 Å². The molecule has 0 saturated heterocycles. The van der Waals surface area contributed by atoms with Gasteiger partial charge in [0.05, 0.1) is 11.6 Å². The average molecular weight is 383 g/mol. The number of carbonyl (C=O) groups excluding carboxylic acids is 1. The molecule has 3 nitrogen and oxygen atoms in total. The molecule has 29 heavy (non-hydrogen) atoms. The summed E-state index contributed by atoms with van der Waals surface area (Å²) in [5, 5.41) is 3.39. The lowest BCUT2D eigenvalue weighted by atomic mass is 9.89. The van der Waals surface area contributed by atoms with E-state index in [2.05, 4.69) is 5.32 Å². The Kier molecular flexibility index (Phi) is 4.89. The molecule has 5 rings (SSSR count). The van der Waals surface area contributed by atoms with Gasteiger partial charge in [0.15, 0.2) is 0 Å². The molecule has 3 heteroatoms. The van der Waals surface area contributed by atoms with Gasteiger partial charge in [-0.25, -0.2) is 0 Å². The quantitative estimate of drug-likeness (QED) is 0.672. The van der Waals surface area contributed by atoms with E-state index in [1.807, 2.05) is 60.7 Å². The van der Waals surface area contributed by atoms with Gasteiger partial charge in [0.2, 0.25) is 5.91 Å². The van der Waals surface area contributed by atoms with Gasteiger partial charge in [0, 0.05) is 11.4 Å². The number of benzene rings is 2. The van der Waals surface area contributed by atoms with Crippen LogP contribution in [-0.4, -0.2) is 10.9 Å². The molecule has 1 heterocycles. The Hall–Kier alpha value is -2.94. The zero-order valence-corrected chi connectivity index (χ0v) is 16.7. The van der Waals surface area contributed by atoms with Crippen LogP contribution in [-0.2, 0) is 30.5 Å². The molecule has 1 amide bonds. The first kappa shape index (κ1) is 18.1. The van der Waals surface area contributed by atoms with Crippen molar-refractivity contribution in [2.75, 3.05) is 5.32 Å². The van der Waals surface area contributed by atoms with Crippen LogP contribution in [0.15, 0.2) is 60.7 Å². The molecule has 0 bridgehead atoms. The predicted octanol–water partition coefficient (Wildman–Crippen LogP) is 5.22. The summed E-state index contributed by atoms with van der Waals surface area (Å²) in [6, 6.07) is 20.2. The Labute approximate surface area is 172 Å². The number of hydrogen-bond donors (Lipinski definition) is 1. The smallest absolute Gasteiger partial charge is 0.236 e. The van der Waals surface area contributed by atoms with Crippen LogP contribution in [0.4, 0.5) is 5.69 Å². The van der Waals surface area contributed by atoms with E-state index in [-0.39, 0.29) is 11.8 Å². The second kappa shape index (κ2) is 7.82. The number of pyridine rings is 1. The second-order valence-corrected chi connectivity index (χ2v) is 8.14. The van der Waals surface area contributed by atoms with E-state index in [1.54, 1.807) is 0 Å². The molecule has 1 aromatic heterocycles. The maximum atomic E-state index is 13.7. The number of hydrogen-bond acceptors (Lipinski definition) is 2. The highest BCUT2D eigenvalue weighted by atomic mass is 16.1. The van der Waals surface area contributed by atoms with Crippen LogP contribution in [0.5, 0.6) is 0 Å². The van der Waals surface area contributed by atoms with Crippen LogP contribution in [0.3, 0.4) is 0 Å². The Morgan fingerprint density at radius 1 is 0.724 bits per heavy atom. The number of anilines is 1. The molecule has 0 saturated carbocycles. The van der Waals surface area contributed by atoms with Gasteiger partial charge >= 0.3 is 0 Å². The van der Waals surface area contributed by atoms with Crippen LogP contribution >= 0.6 is 0 Å². The summed E-state index contributed by atoms with van der Waals surface area (Å²) in [6.45, 7) is 0. The Balaban J connectivity index is 1.56. The van der Waals surface area contributed by atoms with Crippen LogP contribution < -0.4 is 5.32 Å². The first-order valence-corrected chi connectivity index (χ1v) is 10.8. The van der Waals surface area contributed by atoms with E-state index < -0.39 is 0 Å². The molecule has 146 valence electrons. The van der Waals surface area contributed by atoms with E-state index >= 15 is 0 Å². The third-order valence-corrected chi connectivity index (χ3v) is 6.28. The van der Waals surface area contributed by atoms with Gasteiger partial charge in [-0.05, 0) is 67.2 Å². The lowest BCUT2D eigenvalue weighted by Crippen LogP contribution is -2.25. The molecule has 0 spiro atoms. The number of fused-ring (bicyclic) bond motifs is 2. The van der Waals surface area contributed by atoms with E-state index in [0.29, 0.717) is 0 Å². The van der Waals surface area contributed by atoms with E-state index in [9.17, 15) is 4.79 Å². The van der Waals surface area contributed by atoms with Crippen molar-refractivity contribution in [3.63, 3.8) is 0 Å². The molecule has 2 aromatic carbocycles. The number of nitrogens with one attached hydrogen (secondary N) is 1. The minimum absolute atomic E-state index is 0.0514. The fourth-order valence-electron chi connectivity index (χ4n) is 4.88. The maximum absolute atomic E-state index is 13.7. The van der Waals surface area contributed by atoms with Crippen LogP contribution in [0.25, 0.3) is 0 Å². The third kappa shape index (κ3) is 3.46. The molecule has 2 aliphatic rings. The summed E-state index contributed by atoms with van der Waals surface area (Å²) in [4.78, 5) is 18.6. The van der Waals surface area contributed by atoms with Crippen molar-refractivity contribution < 1.29 is 4.79 Å². The summed E-state index contributed by atoms with van der Waals surface area (Å²) in [7, 11) is 0. The van der Waals surface area contributed by atoms with Gasteiger partial charge in [-0.2, -0.15) is 0 Å². The topological polar surface area (TPSA) is 42.0 Å². The second-order valence-electron chi connectivity index (χ2n) is 8.14. The number of rotatable bonds is 4. The molecule has 0 radical (unpaired) electrons. The van der Waals surface area contributed by atoms with Gasteiger partial charge in [0.25, 0.3) is 0 Å². The summed E-state index contributed by atoms with van der Waals surface area (Å²) in [6.07, 6.45) is 7.62. The van der Waals surface area contributed by atoms with Gasteiger partial charge in [0.1, 0.15) is 0 Å². The molecular weight excluding hydrogens is 356 g/mol. The molecule has 0 aliphatic heterocycles. The summed E-state index contributed by atoms with van der Waals surface area (Å²) in [5.74, 6) is -0.266. The number of carbonyl (C=O) groups is 1. The van der Waals surface area contributed by atoms with Crippen molar-refractivity contribution in [1.82, 2.24) is 4.98 Å². The van der Waals surface area contributed by atoms with Gasteiger partial charge in [-0.15, -0.1) is 0 Å². The van der Waals surface area contributed by atoms with E-state index in [4.69, 9.17) is 4.98 Å². The minimum atomic E-state index is -0.318. The SMILES string of the molecule is O=C(Nc1c2c(nc3c1CCC3)CCCC2)C(c1ccccc1)c1ccccc1. The van der Waals surface area contributed by atoms with Crippen LogP contribution in [0.1, 0.15) is 58.8 Å². The third-order valence-electron chi connectivity index (χ3n) is 6.28. The minimum Gasteiger partial charge on any atom is -0.325 e. The Morgan fingerprint density at radius 3 is 1.86 bits per heavy atom. The molecule has 2 aliphatic carbocycles. The highest BCUT2D eigenvalue weighted by Crippen LogP contribution is 2.37. The first-order chi connectivity index (χ1) is 14.3. The van der Waals surface area contributed by atoms with Crippen molar-refractivity contribution >= 4 is 11.6 Å². The predicted molar refractivity (Wildman–Crippen MR) is 116 cm³/mol. The molecule has 1 N–H and O–H groups in total. The molecule has 0 unspecified atom stereocenters. The van der Waals surface area contributed by atoms with Crippen molar-refractivity contribution in [2.24, 2.45) is 0 Å². The largest absolute Gasteiger partial charge is 0.325 e. The molecule has 0 fully saturated rings. The number of aryl methyl sites for hydroxylation is 2. The number of nitrogens with zero attached hydrogens (tertiary/aromatic N) is 1. The van der Waals surface area contributed by atoms with Crippen molar-refractivity contribution in [1.29, 1.82) is 0 Å². The summed E-state index contributed by atoms with van der Waals surface area (Å²) < 4.78 is 0. The Bertz CT molecular complexity index is 988. The summed E-state index contributed by atoms with van der Waals surface area (Å²) in [5.41, 5.74) is 8.10. The molecule has 3 aromatic rings. The lowest BCUT2D eigenvalue weighted by Gasteiger charge is -2.24. The standard InChI is InChI=1S/C26H26N2O/c29-26(24(18-10-3-1-4-11-18)19-12-5-2-6-13-19)28-25-20-14-7-8-16-22(20)27-23-17-9-15-21(23)25/h1-6,10-13,24H,7-9,14-17H2,(H,27,28,29). The van der Waals surface area contributed by atoms with Crippen molar-refractivity contribution in [3.8, 4) is 0 Å². The fraction of sp³-hybridized carbons (Fsp3) is 0.308. The lowest BCUT2D eigenvalue weighted by molar-refractivity contribution is -0.116. The molecular formula is C26H26N2O. The number of aromatic nitrogens is 1. The Morgan fingerprint density at radius 2 is 1.24 bits per heavy atom. The maximum Gasteiger partial charge on any atom is 0.236 e. The van der Waals surface area contributed by atoms with Crippen molar-refractivity contribution in [2.45, 2.75) is 50.9 Å². The number of amides is 1. The normalized spacial score (nSPS) is 15.1. The van der Waals surface area contributed by atoms with Gasteiger partial charge < -0.3 is 5.32 Å². The monoisotopic (exact) mass is 382 g/mol. The van der Waals surface area contributed by atoms with Gasteiger partial charge in [-0.3, -0.25) is 9.78 Å². The molecule has 0 atom stereocenters. The van der Waals surface area contributed by atoms with E-state index in [0.717, 1.165) is 48.9 Å². The zero-order chi connectivity index (χ0) is 19.6.